The largest absolute Gasteiger partial charge is 0.493 e. The lowest BCUT2D eigenvalue weighted by Crippen LogP contribution is -2.28. The minimum Gasteiger partial charge on any atom is -0.493 e. The molecule has 0 amide bonds. The van der Waals surface area contributed by atoms with Crippen LogP contribution in [-0.2, 0) is 11.2 Å². The maximum Gasteiger partial charge on any atom is 0.122 e. The third kappa shape index (κ3) is 2.06. The zero-order valence-electron chi connectivity index (χ0n) is 10.1. The van der Waals surface area contributed by atoms with Crippen LogP contribution >= 0.6 is 0 Å². The fourth-order valence-corrected chi connectivity index (χ4v) is 2.21. The van der Waals surface area contributed by atoms with Crippen LogP contribution in [0.25, 0.3) is 0 Å². The topological polar surface area (TPSA) is 30.5 Å². The van der Waals surface area contributed by atoms with E-state index in [9.17, 15) is 0 Å². The molecule has 0 bridgehead atoms. The van der Waals surface area contributed by atoms with Crippen LogP contribution in [-0.4, -0.2) is 26.9 Å². The van der Waals surface area contributed by atoms with Gasteiger partial charge in [-0.25, -0.2) is 0 Å². The molecule has 1 heterocycles. The summed E-state index contributed by atoms with van der Waals surface area (Å²) in [5, 5.41) is 3.29. The Labute approximate surface area is 96.8 Å². The van der Waals surface area contributed by atoms with E-state index in [4.69, 9.17) is 9.47 Å². The predicted molar refractivity (Wildman–Crippen MR) is 63.9 cm³/mol. The van der Waals surface area contributed by atoms with Crippen molar-refractivity contribution in [2.24, 2.45) is 0 Å². The Morgan fingerprint density at radius 2 is 2.25 bits per heavy atom. The van der Waals surface area contributed by atoms with Crippen molar-refractivity contribution in [3.05, 3.63) is 29.3 Å². The van der Waals surface area contributed by atoms with Gasteiger partial charge >= 0.3 is 0 Å². The SMILES string of the molecule is CNC(c1ccc2c(c1)CCO2)C(C)OC. The summed E-state index contributed by atoms with van der Waals surface area (Å²) in [4.78, 5) is 0. The molecule has 1 aromatic rings. The molecule has 16 heavy (non-hydrogen) atoms. The first-order chi connectivity index (χ1) is 7.76. The van der Waals surface area contributed by atoms with Gasteiger partial charge in [-0.3, -0.25) is 0 Å². The van der Waals surface area contributed by atoms with Crippen molar-refractivity contribution < 1.29 is 9.47 Å². The highest BCUT2D eigenvalue weighted by Crippen LogP contribution is 2.29. The van der Waals surface area contributed by atoms with E-state index in [1.807, 2.05) is 7.05 Å². The van der Waals surface area contributed by atoms with Crippen LogP contribution in [0.15, 0.2) is 18.2 Å². The number of likely N-dealkylation sites (N-methyl/N-ethyl adjacent to an activating group) is 1. The molecule has 0 fully saturated rings. The van der Waals surface area contributed by atoms with E-state index in [1.165, 1.54) is 11.1 Å². The number of rotatable bonds is 4. The molecule has 2 unspecified atom stereocenters. The maximum absolute atomic E-state index is 5.50. The summed E-state index contributed by atoms with van der Waals surface area (Å²) in [7, 11) is 3.70. The molecule has 0 radical (unpaired) electrons. The van der Waals surface area contributed by atoms with Gasteiger partial charge in [0, 0.05) is 13.5 Å². The second kappa shape index (κ2) is 4.85. The van der Waals surface area contributed by atoms with Crippen LogP contribution in [0.4, 0.5) is 0 Å². The van der Waals surface area contributed by atoms with E-state index in [0.29, 0.717) is 0 Å². The first-order valence-corrected chi connectivity index (χ1v) is 5.72. The van der Waals surface area contributed by atoms with Crippen molar-refractivity contribution in [2.45, 2.75) is 25.5 Å². The van der Waals surface area contributed by atoms with Crippen molar-refractivity contribution in [3.63, 3.8) is 0 Å². The molecule has 3 heteroatoms. The van der Waals surface area contributed by atoms with Crippen molar-refractivity contribution in [2.75, 3.05) is 20.8 Å². The molecular formula is C13H19NO2. The summed E-state index contributed by atoms with van der Waals surface area (Å²) in [6, 6.07) is 6.63. The molecule has 0 spiro atoms. The van der Waals surface area contributed by atoms with Gasteiger partial charge in [0.15, 0.2) is 0 Å². The average Bonchev–Trinajstić information content (AvgIpc) is 2.77. The molecule has 0 saturated carbocycles. The van der Waals surface area contributed by atoms with Crippen LogP contribution < -0.4 is 10.1 Å². The summed E-state index contributed by atoms with van der Waals surface area (Å²) >= 11 is 0. The summed E-state index contributed by atoms with van der Waals surface area (Å²) < 4.78 is 10.9. The number of methoxy groups -OCH3 is 1. The van der Waals surface area contributed by atoms with Gasteiger partial charge in [0.1, 0.15) is 5.75 Å². The quantitative estimate of drug-likeness (QED) is 0.842. The average molecular weight is 221 g/mol. The molecule has 1 N–H and O–H groups in total. The molecule has 0 aliphatic carbocycles. The molecule has 1 aliphatic heterocycles. The molecule has 1 aromatic carbocycles. The molecule has 0 aromatic heterocycles. The van der Waals surface area contributed by atoms with Gasteiger partial charge in [-0.05, 0) is 31.2 Å². The van der Waals surface area contributed by atoms with Crippen molar-refractivity contribution >= 4 is 0 Å². The Balaban J connectivity index is 2.25. The summed E-state index contributed by atoms with van der Waals surface area (Å²) in [5.74, 6) is 1.03. The van der Waals surface area contributed by atoms with Gasteiger partial charge in [-0.1, -0.05) is 12.1 Å². The van der Waals surface area contributed by atoms with Gasteiger partial charge in [0.05, 0.1) is 18.8 Å². The molecule has 3 nitrogen and oxygen atoms in total. The van der Waals surface area contributed by atoms with Crippen molar-refractivity contribution in [1.82, 2.24) is 5.32 Å². The molecular weight excluding hydrogens is 202 g/mol. The number of ether oxygens (including phenoxy) is 2. The highest BCUT2D eigenvalue weighted by atomic mass is 16.5. The second-order valence-corrected chi connectivity index (χ2v) is 4.17. The van der Waals surface area contributed by atoms with Gasteiger partial charge in [-0.2, -0.15) is 0 Å². The van der Waals surface area contributed by atoms with Crippen LogP contribution in [0, 0.1) is 0 Å². The number of hydrogen-bond acceptors (Lipinski definition) is 3. The van der Waals surface area contributed by atoms with E-state index in [1.54, 1.807) is 7.11 Å². The molecule has 0 saturated heterocycles. The standard InChI is InChI=1S/C13H19NO2/c1-9(15-3)13(14-2)11-4-5-12-10(8-11)6-7-16-12/h4-5,8-9,13-14H,6-7H2,1-3H3. The number of hydrogen-bond donors (Lipinski definition) is 1. The van der Waals surface area contributed by atoms with Crippen molar-refractivity contribution in [1.29, 1.82) is 0 Å². The first-order valence-electron chi connectivity index (χ1n) is 5.72. The van der Waals surface area contributed by atoms with Gasteiger partial charge in [-0.15, -0.1) is 0 Å². The normalized spacial score (nSPS) is 17.7. The molecule has 1 aliphatic rings. The van der Waals surface area contributed by atoms with Crippen LogP contribution in [0.5, 0.6) is 5.75 Å². The zero-order valence-corrected chi connectivity index (χ0v) is 10.1. The lowest BCUT2D eigenvalue weighted by atomic mass is 9.99. The number of fused-ring (bicyclic) bond motifs is 1. The number of benzene rings is 1. The van der Waals surface area contributed by atoms with Gasteiger partial charge in [0.2, 0.25) is 0 Å². The molecule has 2 rings (SSSR count). The van der Waals surface area contributed by atoms with Gasteiger partial charge < -0.3 is 14.8 Å². The summed E-state index contributed by atoms with van der Waals surface area (Å²) in [5.41, 5.74) is 2.57. The Morgan fingerprint density at radius 1 is 1.44 bits per heavy atom. The highest BCUT2D eigenvalue weighted by Gasteiger charge is 2.20. The highest BCUT2D eigenvalue weighted by molar-refractivity contribution is 5.41. The van der Waals surface area contributed by atoms with E-state index in [-0.39, 0.29) is 12.1 Å². The molecule has 2 atom stereocenters. The van der Waals surface area contributed by atoms with Crippen LogP contribution in [0.2, 0.25) is 0 Å². The van der Waals surface area contributed by atoms with Gasteiger partial charge in [0.25, 0.3) is 0 Å². The maximum atomic E-state index is 5.50. The second-order valence-electron chi connectivity index (χ2n) is 4.17. The Kier molecular flexibility index (Phi) is 3.46. The number of nitrogens with one attached hydrogen (secondary N) is 1. The smallest absolute Gasteiger partial charge is 0.122 e. The summed E-state index contributed by atoms with van der Waals surface area (Å²) in [6.45, 7) is 2.88. The third-order valence-electron chi connectivity index (χ3n) is 3.22. The van der Waals surface area contributed by atoms with Crippen molar-refractivity contribution in [3.8, 4) is 5.75 Å². The first kappa shape index (κ1) is 11.4. The molecule has 88 valence electrons. The van der Waals surface area contributed by atoms with Crippen LogP contribution in [0.3, 0.4) is 0 Å². The Bertz CT molecular complexity index is 365. The minimum absolute atomic E-state index is 0.158. The third-order valence-corrected chi connectivity index (χ3v) is 3.22. The predicted octanol–water partition coefficient (Wildman–Crippen LogP) is 1.92. The van der Waals surface area contributed by atoms with E-state index < -0.39 is 0 Å². The monoisotopic (exact) mass is 221 g/mol. The van der Waals surface area contributed by atoms with E-state index in [0.717, 1.165) is 18.8 Å². The lowest BCUT2D eigenvalue weighted by molar-refractivity contribution is 0.0856. The Hall–Kier alpha value is -1.06. The summed E-state index contributed by atoms with van der Waals surface area (Å²) in [6.07, 6.45) is 1.17. The van der Waals surface area contributed by atoms with E-state index in [2.05, 4.69) is 30.4 Å². The minimum atomic E-state index is 0.158. The fraction of sp³-hybridized carbons (Fsp3) is 0.538. The van der Waals surface area contributed by atoms with Crippen LogP contribution in [0.1, 0.15) is 24.1 Å². The lowest BCUT2D eigenvalue weighted by Gasteiger charge is -2.23. The Morgan fingerprint density at radius 3 is 2.94 bits per heavy atom. The zero-order chi connectivity index (χ0) is 11.5. The van der Waals surface area contributed by atoms with E-state index >= 15 is 0 Å². The fourth-order valence-electron chi connectivity index (χ4n) is 2.21.